The molecule has 0 aliphatic carbocycles. The zero-order valence-corrected chi connectivity index (χ0v) is 18.7. The minimum absolute atomic E-state index is 0.249. The molecule has 0 amide bonds. The molecule has 0 aromatic heterocycles. The summed E-state index contributed by atoms with van der Waals surface area (Å²) in [6.07, 6.45) is 0.514. The first-order chi connectivity index (χ1) is 14.4. The molecule has 30 heavy (non-hydrogen) atoms. The van der Waals surface area contributed by atoms with Gasteiger partial charge in [0.05, 0.1) is 17.8 Å². The van der Waals surface area contributed by atoms with Crippen molar-refractivity contribution in [2.75, 3.05) is 6.61 Å². The van der Waals surface area contributed by atoms with E-state index >= 15 is 0 Å². The van der Waals surface area contributed by atoms with Gasteiger partial charge in [-0.1, -0.05) is 78.9 Å². The number of hydrogen-bond donors (Lipinski definition) is 0. The van der Waals surface area contributed by atoms with Crippen LogP contribution in [0.25, 0.3) is 0 Å². The predicted molar refractivity (Wildman–Crippen MR) is 121 cm³/mol. The van der Waals surface area contributed by atoms with Crippen LogP contribution < -0.4 is 10.4 Å². The normalized spacial score (nSPS) is 11.8. The molecule has 3 aromatic carbocycles. The number of rotatable bonds is 9. The van der Waals surface area contributed by atoms with E-state index < -0.39 is 13.9 Å². The molecule has 0 bridgehead atoms. The Morgan fingerprint density at radius 3 is 1.77 bits per heavy atom. The first-order valence-corrected chi connectivity index (χ1v) is 12.5. The molecule has 0 aliphatic rings. The molecule has 5 heteroatoms. The van der Waals surface area contributed by atoms with Gasteiger partial charge in [-0.2, -0.15) is 0 Å². The van der Waals surface area contributed by atoms with Crippen LogP contribution in [0.3, 0.4) is 0 Å². The monoisotopic (exact) mass is 420 g/mol. The Labute approximate surface area is 179 Å². The van der Waals surface area contributed by atoms with Gasteiger partial charge in [0, 0.05) is 6.42 Å². The Morgan fingerprint density at radius 2 is 1.27 bits per heavy atom. The Balaban J connectivity index is 1.64. The summed E-state index contributed by atoms with van der Waals surface area (Å²) >= 11 is 0. The van der Waals surface area contributed by atoms with Crippen LogP contribution in [0, 0.1) is 0 Å². The van der Waals surface area contributed by atoms with Crippen LogP contribution >= 0.6 is 0 Å². The van der Waals surface area contributed by atoms with Gasteiger partial charge in [0.25, 0.3) is 8.32 Å². The topological polar surface area (TPSA) is 44.8 Å². The lowest BCUT2D eigenvalue weighted by Gasteiger charge is -2.32. The number of benzene rings is 3. The van der Waals surface area contributed by atoms with E-state index in [9.17, 15) is 4.79 Å². The van der Waals surface area contributed by atoms with Gasteiger partial charge in [-0.25, -0.2) is 9.68 Å². The Morgan fingerprint density at radius 1 is 0.800 bits per heavy atom. The average Bonchev–Trinajstić information content (AvgIpc) is 2.79. The number of esters is 1. The third kappa shape index (κ3) is 5.66. The molecule has 156 valence electrons. The van der Waals surface area contributed by atoms with Crippen LogP contribution in [0.4, 0.5) is 0 Å². The Bertz CT molecular complexity index is 888. The standard InChI is InChI=1S/C25H28O4Si/c1-25(2,19-20-27-24(26)21-13-7-4-8-14-21)28-29-30(3,22-15-9-5-10-16-22)23-17-11-6-12-18-23/h4-18H,19-20H2,1-3H3. The predicted octanol–water partition coefficient (Wildman–Crippen LogP) is 4.35. The molecule has 0 saturated carbocycles. The largest absolute Gasteiger partial charge is 0.462 e. The van der Waals surface area contributed by atoms with Crippen molar-refractivity contribution in [3.05, 3.63) is 96.6 Å². The summed E-state index contributed by atoms with van der Waals surface area (Å²) in [5.74, 6) is -0.333. The second-order valence-corrected chi connectivity index (χ2v) is 11.3. The van der Waals surface area contributed by atoms with Gasteiger partial charge in [0.2, 0.25) is 0 Å². The molecule has 3 rings (SSSR count). The second kappa shape index (κ2) is 9.85. The van der Waals surface area contributed by atoms with Crippen molar-refractivity contribution in [2.45, 2.75) is 32.4 Å². The van der Waals surface area contributed by atoms with Crippen molar-refractivity contribution in [1.82, 2.24) is 0 Å². The van der Waals surface area contributed by atoms with Crippen molar-refractivity contribution in [1.29, 1.82) is 0 Å². The minimum Gasteiger partial charge on any atom is -0.462 e. The smallest absolute Gasteiger partial charge is 0.338 e. The molecule has 0 radical (unpaired) electrons. The number of carbonyl (C=O) groups is 1. The van der Waals surface area contributed by atoms with E-state index in [2.05, 4.69) is 30.8 Å². The van der Waals surface area contributed by atoms with Gasteiger partial charge in [0.15, 0.2) is 0 Å². The lowest BCUT2D eigenvalue weighted by Crippen LogP contribution is -2.59. The number of hydrogen-bond acceptors (Lipinski definition) is 4. The van der Waals surface area contributed by atoms with E-state index in [0.29, 0.717) is 12.0 Å². The van der Waals surface area contributed by atoms with Crippen LogP contribution in [0.15, 0.2) is 91.0 Å². The summed E-state index contributed by atoms with van der Waals surface area (Å²) in [7, 11) is -2.56. The summed E-state index contributed by atoms with van der Waals surface area (Å²) in [4.78, 5) is 18.1. The lowest BCUT2D eigenvalue weighted by atomic mass is 10.1. The SMILES string of the molecule is CC(C)(CCOC(=O)c1ccccc1)OO[Si](C)(c1ccccc1)c1ccccc1. The molecule has 0 spiro atoms. The van der Waals surface area contributed by atoms with Crippen LogP contribution in [0.1, 0.15) is 30.6 Å². The first-order valence-electron chi connectivity index (χ1n) is 10.1. The summed E-state index contributed by atoms with van der Waals surface area (Å²) < 4.78 is 11.6. The van der Waals surface area contributed by atoms with E-state index in [4.69, 9.17) is 14.2 Å². The maximum absolute atomic E-state index is 12.1. The molecular weight excluding hydrogens is 392 g/mol. The van der Waals surface area contributed by atoms with Crippen molar-refractivity contribution in [3.63, 3.8) is 0 Å². The Hall–Kier alpha value is -2.73. The third-order valence-electron chi connectivity index (χ3n) is 5.03. The fourth-order valence-electron chi connectivity index (χ4n) is 3.06. The van der Waals surface area contributed by atoms with Crippen molar-refractivity contribution < 1.29 is 19.0 Å². The highest BCUT2D eigenvalue weighted by atomic mass is 28.4. The zero-order chi connectivity index (χ0) is 21.5. The van der Waals surface area contributed by atoms with Crippen molar-refractivity contribution in [3.8, 4) is 0 Å². The minimum atomic E-state index is -2.56. The van der Waals surface area contributed by atoms with Gasteiger partial charge in [0.1, 0.15) is 0 Å². The van der Waals surface area contributed by atoms with E-state index in [1.807, 2.05) is 68.4 Å². The first kappa shape index (κ1) is 22.0. The molecule has 0 unspecified atom stereocenters. The molecule has 0 N–H and O–H groups in total. The van der Waals surface area contributed by atoms with Crippen molar-refractivity contribution >= 4 is 24.7 Å². The molecule has 0 aliphatic heterocycles. The molecule has 0 saturated heterocycles. The van der Waals surface area contributed by atoms with Gasteiger partial charge in [-0.3, -0.25) is 4.58 Å². The van der Waals surface area contributed by atoms with Crippen LogP contribution in [-0.2, 0) is 14.2 Å². The van der Waals surface area contributed by atoms with E-state index in [1.54, 1.807) is 12.1 Å². The van der Waals surface area contributed by atoms with Gasteiger partial charge >= 0.3 is 5.97 Å². The van der Waals surface area contributed by atoms with Crippen molar-refractivity contribution in [2.24, 2.45) is 0 Å². The summed E-state index contributed by atoms with van der Waals surface area (Å²) in [5, 5.41) is 2.25. The molecular formula is C25H28O4Si. The quantitative estimate of drug-likeness (QED) is 0.223. The summed E-state index contributed by atoms with van der Waals surface area (Å²) in [6.45, 7) is 6.25. The summed E-state index contributed by atoms with van der Waals surface area (Å²) in [5.41, 5.74) is -0.0740. The van der Waals surface area contributed by atoms with Crippen LogP contribution in [-0.4, -0.2) is 26.5 Å². The molecule has 0 heterocycles. The van der Waals surface area contributed by atoms with Crippen LogP contribution in [0.5, 0.6) is 0 Å². The maximum atomic E-state index is 12.1. The third-order valence-corrected chi connectivity index (χ3v) is 8.32. The second-order valence-electron chi connectivity index (χ2n) is 7.94. The van der Waals surface area contributed by atoms with Gasteiger partial charge < -0.3 is 4.74 Å². The van der Waals surface area contributed by atoms with E-state index in [0.717, 1.165) is 10.4 Å². The number of ether oxygens (including phenoxy) is 1. The average molecular weight is 421 g/mol. The zero-order valence-electron chi connectivity index (χ0n) is 17.7. The molecule has 4 nitrogen and oxygen atoms in total. The Kier molecular flexibility index (Phi) is 7.21. The number of carbonyl (C=O) groups excluding carboxylic acids is 1. The molecule has 0 atom stereocenters. The lowest BCUT2D eigenvalue weighted by molar-refractivity contribution is -0.291. The highest BCUT2D eigenvalue weighted by molar-refractivity contribution is 6.96. The fourth-order valence-corrected chi connectivity index (χ4v) is 5.64. The molecule has 0 fully saturated rings. The highest BCUT2D eigenvalue weighted by Crippen LogP contribution is 2.19. The molecule has 3 aromatic rings. The van der Waals surface area contributed by atoms with Gasteiger partial charge in [-0.05, 0) is 42.9 Å². The highest BCUT2D eigenvalue weighted by Gasteiger charge is 2.38. The van der Waals surface area contributed by atoms with Crippen LogP contribution in [0.2, 0.25) is 6.55 Å². The van der Waals surface area contributed by atoms with Gasteiger partial charge in [-0.15, -0.1) is 0 Å². The fraction of sp³-hybridized carbons (Fsp3) is 0.240. The van der Waals surface area contributed by atoms with E-state index in [-0.39, 0.29) is 12.6 Å². The van der Waals surface area contributed by atoms with E-state index in [1.165, 1.54) is 0 Å². The summed E-state index contributed by atoms with van der Waals surface area (Å²) in [6, 6.07) is 29.4. The maximum Gasteiger partial charge on any atom is 0.338 e.